The third-order valence-corrected chi connectivity index (χ3v) is 4.13. The molecule has 0 aliphatic carbocycles. The van der Waals surface area contributed by atoms with Crippen LogP contribution in [-0.4, -0.2) is 39.0 Å². The Morgan fingerprint density at radius 1 is 1.21 bits per heavy atom. The van der Waals surface area contributed by atoms with E-state index in [1.807, 2.05) is 0 Å². The Morgan fingerprint density at radius 2 is 1.92 bits per heavy atom. The number of benzene rings is 1. The highest BCUT2D eigenvalue weighted by Gasteiger charge is 2.22. The Bertz CT molecular complexity index is 926. The third-order valence-electron chi connectivity index (χ3n) is 3.34. The van der Waals surface area contributed by atoms with E-state index in [-0.39, 0.29) is 11.8 Å². The smallest absolute Gasteiger partial charge is 0.278 e. The van der Waals surface area contributed by atoms with Crippen molar-refractivity contribution in [2.24, 2.45) is 0 Å². The van der Waals surface area contributed by atoms with Gasteiger partial charge in [0, 0.05) is 6.54 Å². The van der Waals surface area contributed by atoms with E-state index in [0.29, 0.717) is 39.0 Å². The van der Waals surface area contributed by atoms with Crippen molar-refractivity contribution >= 4 is 34.2 Å². The largest absolute Gasteiger partial charge is 0.477 e. The van der Waals surface area contributed by atoms with Gasteiger partial charge < -0.3 is 14.0 Å². The number of aromatic nitrogens is 5. The van der Waals surface area contributed by atoms with E-state index in [1.54, 1.807) is 23.0 Å². The lowest BCUT2D eigenvalue weighted by molar-refractivity contribution is 0.334. The molecule has 24 heavy (non-hydrogen) atoms. The summed E-state index contributed by atoms with van der Waals surface area (Å²) in [4.78, 5) is 8.85. The molecule has 0 radical (unpaired) electrons. The van der Waals surface area contributed by atoms with Crippen molar-refractivity contribution in [2.45, 2.75) is 6.54 Å². The van der Waals surface area contributed by atoms with Gasteiger partial charge in [0.25, 0.3) is 11.8 Å². The summed E-state index contributed by atoms with van der Waals surface area (Å²) < 4.78 is 12.2. The fraction of sp³-hybridized carbons (Fsp3) is 0.200. The first-order chi connectivity index (χ1) is 11.6. The molecule has 2 heterocycles. The maximum atomic E-state index is 6.43. The zero-order chi connectivity index (χ0) is 17.3. The second kappa shape index (κ2) is 6.62. The Kier molecular flexibility index (Phi) is 4.55. The fourth-order valence-corrected chi connectivity index (χ4v) is 2.73. The Labute approximate surface area is 147 Å². The zero-order valence-corrected chi connectivity index (χ0v) is 14.5. The SMILES string of the molecule is C=CCn1cnnc1-c1c(Cl)c(Cl)cc2nc(OC)c(OC)nc12. The second-order valence-corrected chi connectivity index (χ2v) is 5.54. The average molecular weight is 366 g/mol. The van der Waals surface area contributed by atoms with E-state index in [4.69, 9.17) is 32.7 Å². The van der Waals surface area contributed by atoms with Crippen LogP contribution in [0.25, 0.3) is 22.4 Å². The van der Waals surface area contributed by atoms with E-state index < -0.39 is 0 Å². The van der Waals surface area contributed by atoms with Gasteiger partial charge in [-0.2, -0.15) is 0 Å². The van der Waals surface area contributed by atoms with Crippen molar-refractivity contribution in [1.29, 1.82) is 0 Å². The number of methoxy groups -OCH3 is 2. The maximum Gasteiger partial charge on any atom is 0.278 e. The van der Waals surface area contributed by atoms with Crippen molar-refractivity contribution in [3.63, 3.8) is 0 Å². The summed E-state index contributed by atoms with van der Waals surface area (Å²) in [5, 5.41) is 8.70. The molecule has 0 aliphatic heterocycles. The van der Waals surface area contributed by atoms with Crippen LogP contribution < -0.4 is 9.47 Å². The van der Waals surface area contributed by atoms with Crippen LogP contribution in [0.5, 0.6) is 11.8 Å². The standard InChI is InChI=1S/C15H13Cl2N5O2/c1-4-5-22-7-18-21-13(22)10-11(17)8(16)6-9-12(10)20-15(24-3)14(19-9)23-2/h4,6-7H,1,5H2,2-3H3. The van der Waals surface area contributed by atoms with Crippen LogP contribution in [0.2, 0.25) is 10.0 Å². The molecular weight excluding hydrogens is 353 g/mol. The summed E-state index contributed by atoms with van der Waals surface area (Å²) in [5.41, 5.74) is 1.51. The zero-order valence-electron chi connectivity index (χ0n) is 13.0. The minimum Gasteiger partial charge on any atom is -0.477 e. The molecule has 0 saturated carbocycles. The molecule has 2 aromatic heterocycles. The molecular formula is C15H13Cl2N5O2. The number of nitrogens with zero attached hydrogens (tertiary/aromatic N) is 5. The number of rotatable bonds is 5. The van der Waals surface area contributed by atoms with Crippen molar-refractivity contribution < 1.29 is 9.47 Å². The molecule has 9 heteroatoms. The quantitative estimate of drug-likeness (QED) is 0.645. The molecule has 0 atom stereocenters. The van der Waals surface area contributed by atoms with Gasteiger partial charge in [-0.3, -0.25) is 0 Å². The molecule has 124 valence electrons. The molecule has 3 rings (SSSR count). The molecule has 0 saturated heterocycles. The number of halogens is 2. The van der Waals surface area contributed by atoms with Crippen LogP contribution >= 0.6 is 23.2 Å². The minimum absolute atomic E-state index is 0.236. The predicted molar refractivity (Wildman–Crippen MR) is 91.9 cm³/mol. The molecule has 0 N–H and O–H groups in total. The monoisotopic (exact) mass is 365 g/mol. The van der Waals surface area contributed by atoms with Crippen molar-refractivity contribution in [3.05, 3.63) is 35.1 Å². The molecule has 0 amide bonds. The minimum atomic E-state index is 0.236. The highest BCUT2D eigenvalue weighted by atomic mass is 35.5. The number of ether oxygens (including phenoxy) is 2. The van der Waals surface area contributed by atoms with Gasteiger partial charge in [0.05, 0.1) is 35.3 Å². The van der Waals surface area contributed by atoms with Crippen LogP contribution in [-0.2, 0) is 6.54 Å². The van der Waals surface area contributed by atoms with Crippen molar-refractivity contribution in [3.8, 4) is 23.1 Å². The van der Waals surface area contributed by atoms with Gasteiger partial charge in [0.1, 0.15) is 11.8 Å². The summed E-state index contributed by atoms with van der Waals surface area (Å²) in [7, 11) is 2.97. The summed E-state index contributed by atoms with van der Waals surface area (Å²) >= 11 is 12.7. The molecule has 7 nitrogen and oxygen atoms in total. The Morgan fingerprint density at radius 3 is 2.58 bits per heavy atom. The van der Waals surface area contributed by atoms with E-state index in [9.17, 15) is 0 Å². The van der Waals surface area contributed by atoms with Crippen molar-refractivity contribution in [1.82, 2.24) is 24.7 Å². The van der Waals surface area contributed by atoms with Gasteiger partial charge in [-0.15, -0.1) is 16.8 Å². The third kappa shape index (κ3) is 2.65. The normalized spacial score (nSPS) is 10.8. The number of allylic oxidation sites excluding steroid dienone is 1. The Balaban J connectivity index is 2.38. The van der Waals surface area contributed by atoms with Crippen LogP contribution in [0.1, 0.15) is 0 Å². The number of hydrogen-bond acceptors (Lipinski definition) is 6. The predicted octanol–water partition coefficient (Wildman–Crippen LogP) is 3.40. The van der Waals surface area contributed by atoms with Gasteiger partial charge >= 0.3 is 0 Å². The molecule has 0 bridgehead atoms. The summed E-state index contributed by atoms with van der Waals surface area (Å²) in [6, 6.07) is 1.62. The highest BCUT2D eigenvalue weighted by molar-refractivity contribution is 6.45. The van der Waals surface area contributed by atoms with Crippen LogP contribution in [0.4, 0.5) is 0 Å². The molecule has 3 aromatic rings. The lowest BCUT2D eigenvalue weighted by atomic mass is 10.1. The lowest BCUT2D eigenvalue weighted by Crippen LogP contribution is -2.02. The maximum absolute atomic E-state index is 6.43. The number of hydrogen-bond donors (Lipinski definition) is 0. The lowest BCUT2D eigenvalue weighted by Gasteiger charge is -2.12. The van der Waals surface area contributed by atoms with Gasteiger partial charge in [-0.1, -0.05) is 29.3 Å². The van der Waals surface area contributed by atoms with Gasteiger partial charge in [0.15, 0.2) is 5.82 Å². The molecule has 1 aromatic carbocycles. The van der Waals surface area contributed by atoms with Crippen LogP contribution in [0.3, 0.4) is 0 Å². The second-order valence-electron chi connectivity index (χ2n) is 4.75. The summed E-state index contributed by atoms with van der Waals surface area (Å²) in [6.07, 6.45) is 3.30. The fourth-order valence-electron chi connectivity index (χ4n) is 2.30. The Hall–Kier alpha value is -2.38. The van der Waals surface area contributed by atoms with E-state index in [2.05, 4.69) is 26.7 Å². The summed E-state index contributed by atoms with van der Waals surface area (Å²) in [5.74, 6) is 0.996. The van der Waals surface area contributed by atoms with Gasteiger partial charge in [-0.05, 0) is 6.07 Å². The first kappa shape index (κ1) is 16.5. The van der Waals surface area contributed by atoms with Crippen molar-refractivity contribution in [2.75, 3.05) is 14.2 Å². The van der Waals surface area contributed by atoms with E-state index >= 15 is 0 Å². The van der Waals surface area contributed by atoms with Crippen LogP contribution in [0, 0.1) is 0 Å². The van der Waals surface area contributed by atoms with Gasteiger partial charge in [0.2, 0.25) is 0 Å². The molecule has 0 unspecified atom stereocenters. The van der Waals surface area contributed by atoms with Crippen LogP contribution in [0.15, 0.2) is 25.0 Å². The highest BCUT2D eigenvalue weighted by Crippen LogP contribution is 2.39. The topological polar surface area (TPSA) is 75.0 Å². The molecule has 0 aliphatic rings. The molecule has 0 spiro atoms. The van der Waals surface area contributed by atoms with E-state index in [1.165, 1.54) is 14.2 Å². The van der Waals surface area contributed by atoms with E-state index in [0.717, 1.165) is 0 Å². The first-order valence-electron chi connectivity index (χ1n) is 6.87. The first-order valence-corrected chi connectivity index (χ1v) is 7.63. The van der Waals surface area contributed by atoms with Gasteiger partial charge in [-0.25, -0.2) is 9.97 Å². The molecule has 0 fully saturated rings. The summed E-state index contributed by atoms with van der Waals surface area (Å²) in [6.45, 7) is 4.23. The number of fused-ring (bicyclic) bond motifs is 1. The average Bonchev–Trinajstić information content (AvgIpc) is 3.03.